The second-order valence-corrected chi connectivity index (χ2v) is 5.99. The summed E-state index contributed by atoms with van der Waals surface area (Å²) in [5.41, 5.74) is 0. The van der Waals surface area contributed by atoms with Crippen LogP contribution in [0.4, 0.5) is 0 Å². The molecule has 0 amide bonds. The van der Waals surface area contributed by atoms with Gasteiger partial charge in [-0.25, -0.2) is 0 Å². The van der Waals surface area contributed by atoms with E-state index in [9.17, 15) is 0 Å². The number of nitrogens with zero attached hydrogens (tertiary/aromatic N) is 1. The summed E-state index contributed by atoms with van der Waals surface area (Å²) in [5.74, 6) is 1.79. The highest BCUT2D eigenvalue weighted by molar-refractivity contribution is 4.82. The maximum atomic E-state index is 3.53. The summed E-state index contributed by atoms with van der Waals surface area (Å²) in [7, 11) is 0. The zero-order chi connectivity index (χ0) is 11.4. The summed E-state index contributed by atoms with van der Waals surface area (Å²) in [5, 5.41) is 3.53. The molecule has 2 rings (SSSR count). The van der Waals surface area contributed by atoms with Crippen molar-refractivity contribution in [2.24, 2.45) is 11.8 Å². The molecular formula is C14H28N2. The second-order valence-electron chi connectivity index (χ2n) is 5.99. The fourth-order valence-electron chi connectivity index (χ4n) is 3.40. The average Bonchev–Trinajstić information content (AvgIpc) is 2.76. The summed E-state index contributed by atoms with van der Waals surface area (Å²) < 4.78 is 0. The maximum absolute atomic E-state index is 3.53. The van der Waals surface area contributed by atoms with Gasteiger partial charge >= 0.3 is 0 Å². The molecule has 0 saturated carbocycles. The number of rotatable bonds is 4. The summed E-state index contributed by atoms with van der Waals surface area (Å²) in [6, 6.07) is 0.872. The molecule has 2 fully saturated rings. The standard InChI is InChI=1S/C14H28N2/c1-12(2)14-6-4-9-16(14)10-7-13-5-3-8-15-11-13/h12-15H,3-11H2,1-2H3. The molecule has 0 aromatic carbocycles. The highest BCUT2D eigenvalue weighted by Crippen LogP contribution is 2.25. The lowest BCUT2D eigenvalue weighted by Gasteiger charge is -2.30. The van der Waals surface area contributed by atoms with E-state index in [1.54, 1.807) is 0 Å². The van der Waals surface area contributed by atoms with E-state index in [4.69, 9.17) is 0 Å². The molecule has 2 aliphatic rings. The molecule has 0 aromatic rings. The van der Waals surface area contributed by atoms with Crippen molar-refractivity contribution in [2.45, 2.75) is 52.0 Å². The number of piperidine rings is 1. The van der Waals surface area contributed by atoms with Crippen molar-refractivity contribution < 1.29 is 0 Å². The first-order valence-electron chi connectivity index (χ1n) is 7.22. The quantitative estimate of drug-likeness (QED) is 0.789. The van der Waals surface area contributed by atoms with Gasteiger partial charge in [-0.1, -0.05) is 13.8 Å². The van der Waals surface area contributed by atoms with Crippen LogP contribution in [0.1, 0.15) is 46.0 Å². The van der Waals surface area contributed by atoms with Crippen molar-refractivity contribution in [1.82, 2.24) is 10.2 Å². The fraction of sp³-hybridized carbons (Fsp3) is 1.00. The lowest BCUT2D eigenvalue weighted by atomic mass is 9.95. The smallest absolute Gasteiger partial charge is 0.0119 e. The summed E-state index contributed by atoms with van der Waals surface area (Å²) in [6.07, 6.45) is 7.11. The lowest BCUT2D eigenvalue weighted by Crippen LogP contribution is -2.37. The Kier molecular flexibility index (Phi) is 4.66. The Balaban J connectivity index is 1.71. The van der Waals surface area contributed by atoms with Crippen molar-refractivity contribution in [1.29, 1.82) is 0 Å². The first kappa shape index (κ1) is 12.4. The summed E-state index contributed by atoms with van der Waals surface area (Å²) in [6.45, 7) is 9.96. The van der Waals surface area contributed by atoms with Crippen LogP contribution in [0.15, 0.2) is 0 Å². The van der Waals surface area contributed by atoms with E-state index >= 15 is 0 Å². The monoisotopic (exact) mass is 224 g/mol. The van der Waals surface area contributed by atoms with Gasteiger partial charge in [-0.3, -0.25) is 0 Å². The zero-order valence-electron chi connectivity index (χ0n) is 11.0. The van der Waals surface area contributed by atoms with E-state index in [1.807, 2.05) is 0 Å². The molecule has 94 valence electrons. The van der Waals surface area contributed by atoms with Crippen molar-refractivity contribution in [3.8, 4) is 0 Å². The van der Waals surface area contributed by atoms with Crippen LogP contribution >= 0.6 is 0 Å². The third kappa shape index (κ3) is 3.21. The van der Waals surface area contributed by atoms with Gasteiger partial charge in [0.05, 0.1) is 0 Å². The minimum Gasteiger partial charge on any atom is -0.316 e. The molecule has 2 saturated heterocycles. The van der Waals surface area contributed by atoms with Gasteiger partial charge in [0.25, 0.3) is 0 Å². The van der Waals surface area contributed by atoms with Gasteiger partial charge in [-0.15, -0.1) is 0 Å². The molecule has 2 heterocycles. The molecule has 0 bridgehead atoms. The van der Waals surface area contributed by atoms with Crippen LogP contribution in [-0.2, 0) is 0 Å². The van der Waals surface area contributed by atoms with Crippen LogP contribution in [0.5, 0.6) is 0 Å². The Morgan fingerprint density at radius 2 is 2.12 bits per heavy atom. The van der Waals surface area contributed by atoms with Crippen LogP contribution in [-0.4, -0.2) is 37.1 Å². The van der Waals surface area contributed by atoms with E-state index in [-0.39, 0.29) is 0 Å². The molecule has 0 spiro atoms. The Morgan fingerprint density at radius 1 is 1.25 bits per heavy atom. The van der Waals surface area contributed by atoms with Gasteiger partial charge in [0.15, 0.2) is 0 Å². The molecule has 2 atom stereocenters. The molecule has 2 nitrogen and oxygen atoms in total. The van der Waals surface area contributed by atoms with E-state index < -0.39 is 0 Å². The predicted molar refractivity (Wildman–Crippen MR) is 69.6 cm³/mol. The van der Waals surface area contributed by atoms with E-state index in [2.05, 4.69) is 24.1 Å². The summed E-state index contributed by atoms with van der Waals surface area (Å²) in [4.78, 5) is 2.75. The third-order valence-corrected chi connectivity index (χ3v) is 4.41. The SMILES string of the molecule is CC(C)C1CCCN1CCC1CCCNC1. The largest absolute Gasteiger partial charge is 0.316 e. The fourth-order valence-corrected chi connectivity index (χ4v) is 3.40. The minimum absolute atomic E-state index is 0.840. The maximum Gasteiger partial charge on any atom is 0.0119 e. The van der Waals surface area contributed by atoms with Crippen molar-refractivity contribution in [3.63, 3.8) is 0 Å². The van der Waals surface area contributed by atoms with E-state index in [1.165, 1.54) is 58.3 Å². The topological polar surface area (TPSA) is 15.3 Å². The normalized spacial score (nSPS) is 32.4. The van der Waals surface area contributed by atoms with Crippen LogP contribution < -0.4 is 5.32 Å². The van der Waals surface area contributed by atoms with E-state index in [0.29, 0.717) is 0 Å². The molecule has 2 heteroatoms. The molecular weight excluding hydrogens is 196 g/mol. The van der Waals surface area contributed by atoms with Crippen molar-refractivity contribution in [3.05, 3.63) is 0 Å². The van der Waals surface area contributed by atoms with Crippen LogP contribution in [0.2, 0.25) is 0 Å². The zero-order valence-corrected chi connectivity index (χ0v) is 11.0. The first-order valence-corrected chi connectivity index (χ1v) is 7.22. The Bertz CT molecular complexity index is 197. The molecule has 1 N–H and O–H groups in total. The van der Waals surface area contributed by atoms with Crippen molar-refractivity contribution >= 4 is 0 Å². The van der Waals surface area contributed by atoms with Gasteiger partial charge in [0.2, 0.25) is 0 Å². The van der Waals surface area contributed by atoms with E-state index in [0.717, 1.165) is 17.9 Å². The van der Waals surface area contributed by atoms with Gasteiger partial charge in [-0.05, 0) is 70.1 Å². The van der Waals surface area contributed by atoms with Gasteiger partial charge < -0.3 is 10.2 Å². The van der Waals surface area contributed by atoms with Crippen LogP contribution in [0.3, 0.4) is 0 Å². The predicted octanol–water partition coefficient (Wildman–Crippen LogP) is 2.50. The van der Waals surface area contributed by atoms with Crippen LogP contribution in [0.25, 0.3) is 0 Å². The number of nitrogens with one attached hydrogen (secondary N) is 1. The lowest BCUT2D eigenvalue weighted by molar-refractivity contribution is 0.186. The molecule has 16 heavy (non-hydrogen) atoms. The second kappa shape index (κ2) is 6.02. The summed E-state index contributed by atoms with van der Waals surface area (Å²) >= 11 is 0. The first-order chi connectivity index (χ1) is 7.77. The third-order valence-electron chi connectivity index (χ3n) is 4.41. The minimum atomic E-state index is 0.840. The number of hydrogen-bond donors (Lipinski definition) is 1. The van der Waals surface area contributed by atoms with Gasteiger partial charge in [0, 0.05) is 6.04 Å². The number of hydrogen-bond acceptors (Lipinski definition) is 2. The highest BCUT2D eigenvalue weighted by atomic mass is 15.2. The molecule has 2 aliphatic heterocycles. The number of likely N-dealkylation sites (tertiary alicyclic amines) is 1. The van der Waals surface area contributed by atoms with Gasteiger partial charge in [0.1, 0.15) is 0 Å². The van der Waals surface area contributed by atoms with Crippen molar-refractivity contribution in [2.75, 3.05) is 26.2 Å². The molecule has 0 aliphatic carbocycles. The molecule has 2 unspecified atom stereocenters. The highest BCUT2D eigenvalue weighted by Gasteiger charge is 2.27. The molecule has 0 aromatic heterocycles. The average molecular weight is 224 g/mol. The van der Waals surface area contributed by atoms with Gasteiger partial charge in [-0.2, -0.15) is 0 Å². The Morgan fingerprint density at radius 3 is 2.81 bits per heavy atom. The van der Waals surface area contributed by atoms with Crippen LogP contribution in [0, 0.1) is 11.8 Å². The Hall–Kier alpha value is -0.0800. The Labute approximate surface area is 101 Å². The molecule has 0 radical (unpaired) electrons.